The van der Waals surface area contributed by atoms with Gasteiger partial charge in [-0.1, -0.05) is 12.1 Å². The van der Waals surface area contributed by atoms with Crippen LogP contribution in [0.5, 0.6) is 5.75 Å². The van der Waals surface area contributed by atoms with E-state index in [4.69, 9.17) is 14.5 Å². The first kappa shape index (κ1) is 22.4. The summed E-state index contributed by atoms with van der Waals surface area (Å²) in [5.41, 5.74) is 1.30. The van der Waals surface area contributed by atoms with E-state index in [1.807, 2.05) is 0 Å². The maximum Gasteiger partial charge on any atom is 0.191 e. The first-order valence-electron chi connectivity index (χ1n) is 12.0. The van der Waals surface area contributed by atoms with Crippen molar-refractivity contribution in [3.63, 3.8) is 0 Å². The van der Waals surface area contributed by atoms with Crippen molar-refractivity contribution in [1.29, 1.82) is 0 Å². The molecular weight excluding hydrogens is 390 g/mol. The van der Waals surface area contributed by atoms with E-state index in [-0.39, 0.29) is 6.10 Å². The lowest BCUT2D eigenvalue weighted by molar-refractivity contribution is -0.0453. The molecule has 3 atom stereocenters. The minimum Gasteiger partial charge on any atom is -0.497 e. The number of fused-ring (bicyclic) bond motifs is 1. The number of likely N-dealkylation sites (tertiary alicyclic amines) is 1. The Morgan fingerprint density at radius 1 is 1.16 bits per heavy atom. The third-order valence-electron chi connectivity index (χ3n) is 6.81. The molecule has 7 nitrogen and oxygen atoms in total. The fourth-order valence-electron chi connectivity index (χ4n) is 5.05. The zero-order chi connectivity index (χ0) is 21.5. The van der Waals surface area contributed by atoms with Gasteiger partial charge in [0, 0.05) is 25.7 Å². The average molecular weight is 430 g/mol. The summed E-state index contributed by atoms with van der Waals surface area (Å²) in [7, 11) is 1.71. The standard InChI is InChI=1S/C24H39N5O2/c1-3-25-24(26-15-22-17-29-14-6-7-20(29)18-31-22)27-16-23(28-12-4-5-13-28)19-8-10-21(30-2)11-9-19/h8-11,20,22-23H,3-7,12-18H2,1-2H3,(H2,25,26,27). The maximum atomic E-state index is 6.11. The SMILES string of the molecule is CCNC(=NCC(c1ccc(OC)cc1)N1CCCC1)NCC1CN2CCCC2CO1. The van der Waals surface area contributed by atoms with E-state index in [2.05, 4.69) is 51.6 Å². The molecule has 4 rings (SSSR count). The first-order chi connectivity index (χ1) is 15.3. The lowest BCUT2D eigenvalue weighted by atomic mass is 10.1. The van der Waals surface area contributed by atoms with Crippen LogP contribution in [0.15, 0.2) is 29.3 Å². The van der Waals surface area contributed by atoms with Crippen LogP contribution < -0.4 is 15.4 Å². The van der Waals surface area contributed by atoms with E-state index >= 15 is 0 Å². The van der Waals surface area contributed by atoms with Crippen molar-refractivity contribution in [1.82, 2.24) is 20.4 Å². The van der Waals surface area contributed by atoms with Gasteiger partial charge in [0.1, 0.15) is 5.75 Å². The minimum atomic E-state index is 0.231. The highest BCUT2D eigenvalue weighted by Gasteiger charge is 2.32. The van der Waals surface area contributed by atoms with Crippen LogP contribution in [0.4, 0.5) is 0 Å². The fourth-order valence-corrected chi connectivity index (χ4v) is 5.05. The highest BCUT2D eigenvalue weighted by molar-refractivity contribution is 5.79. The maximum absolute atomic E-state index is 6.11. The fraction of sp³-hybridized carbons (Fsp3) is 0.708. The molecule has 0 saturated carbocycles. The van der Waals surface area contributed by atoms with Crippen LogP contribution in [0.3, 0.4) is 0 Å². The monoisotopic (exact) mass is 429 g/mol. The molecule has 1 aromatic carbocycles. The van der Waals surface area contributed by atoms with Gasteiger partial charge >= 0.3 is 0 Å². The number of guanidine groups is 1. The molecule has 1 aromatic rings. The van der Waals surface area contributed by atoms with E-state index in [1.54, 1.807) is 7.11 Å². The van der Waals surface area contributed by atoms with Crippen molar-refractivity contribution in [2.75, 3.05) is 59.5 Å². The Kier molecular flexibility index (Phi) is 8.05. The van der Waals surface area contributed by atoms with Gasteiger partial charge in [-0.2, -0.15) is 0 Å². The Bertz CT molecular complexity index is 704. The number of benzene rings is 1. The Hall–Kier alpha value is -1.83. The van der Waals surface area contributed by atoms with Gasteiger partial charge in [0.05, 0.1) is 32.4 Å². The third kappa shape index (κ3) is 5.90. The van der Waals surface area contributed by atoms with Crippen molar-refractivity contribution in [2.24, 2.45) is 4.99 Å². The van der Waals surface area contributed by atoms with Crippen molar-refractivity contribution in [3.05, 3.63) is 29.8 Å². The molecule has 0 bridgehead atoms. The number of morpholine rings is 1. The molecule has 0 aliphatic carbocycles. The molecule has 31 heavy (non-hydrogen) atoms. The minimum absolute atomic E-state index is 0.231. The predicted molar refractivity (Wildman–Crippen MR) is 125 cm³/mol. The summed E-state index contributed by atoms with van der Waals surface area (Å²) in [5, 5.41) is 6.95. The largest absolute Gasteiger partial charge is 0.497 e. The summed E-state index contributed by atoms with van der Waals surface area (Å²) in [6, 6.07) is 9.40. The van der Waals surface area contributed by atoms with Crippen LogP contribution in [-0.2, 0) is 4.74 Å². The number of rotatable bonds is 8. The molecular formula is C24H39N5O2. The van der Waals surface area contributed by atoms with E-state index in [9.17, 15) is 0 Å². The molecule has 3 unspecified atom stereocenters. The second-order valence-corrected chi connectivity index (χ2v) is 8.88. The zero-order valence-electron chi connectivity index (χ0n) is 19.2. The Morgan fingerprint density at radius 2 is 1.97 bits per heavy atom. The molecule has 7 heteroatoms. The molecule has 3 aliphatic rings. The highest BCUT2D eigenvalue weighted by atomic mass is 16.5. The van der Waals surface area contributed by atoms with E-state index in [0.717, 1.165) is 57.6 Å². The van der Waals surface area contributed by atoms with E-state index in [1.165, 1.54) is 37.8 Å². The van der Waals surface area contributed by atoms with Crippen LogP contribution in [0.1, 0.15) is 44.2 Å². The molecule has 0 amide bonds. The summed E-state index contributed by atoms with van der Waals surface area (Å²) < 4.78 is 11.5. The van der Waals surface area contributed by atoms with Gasteiger partial charge in [-0.15, -0.1) is 0 Å². The number of nitrogens with one attached hydrogen (secondary N) is 2. The van der Waals surface area contributed by atoms with Crippen LogP contribution in [-0.4, -0.2) is 87.4 Å². The van der Waals surface area contributed by atoms with Crippen molar-refractivity contribution in [3.8, 4) is 5.75 Å². The molecule has 3 aliphatic heterocycles. The summed E-state index contributed by atoms with van der Waals surface area (Å²) in [4.78, 5) is 10.1. The molecule has 2 N–H and O–H groups in total. The Labute approximate surface area is 187 Å². The molecule has 3 saturated heterocycles. The number of aliphatic imine (C=N–C) groups is 1. The highest BCUT2D eigenvalue weighted by Crippen LogP contribution is 2.27. The number of hydrogen-bond acceptors (Lipinski definition) is 5. The van der Waals surface area contributed by atoms with Gasteiger partial charge in [0.15, 0.2) is 5.96 Å². The van der Waals surface area contributed by atoms with Gasteiger partial charge in [-0.05, 0) is 69.9 Å². The molecule has 0 aromatic heterocycles. The van der Waals surface area contributed by atoms with Crippen molar-refractivity contribution < 1.29 is 9.47 Å². The molecule has 0 radical (unpaired) electrons. The Morgan fingerprint density at radius 3 is 2.71 bits per heavy atom. The number of nitrogens with zero attached hydrogens (tertiary/aromatic N) is 3. The molecule has 172 valence electrons. The quantitative estimate of drug-likeness (QED) is 0.488. The molecule has 3 heterocycles. The summed E-state index contributed by atoms with van der Waals surface area (Å²) in [6.07, 6.45) is 5.36. The van der Waals surface area contributed by atoms with Gasteiger partial charge in [0.2, 0.25) is 0 Å². The second kappa shape index (κ2) is 11.2. The molecule has 3 fully saturated rings. The van der Waals surface area contributed by atoms with Crippen LogP contribution in [0, 0.1) is 0 Å². The average Bonchev–Trinajstić information content (AvgIpc) is 3.50. The van der Waals surface area contributed by atoms with Crippen LogP contribution in [0.2, 0.25) is 0 Å². The number of methoxy groups -OCH3 is 1. The van der Waals surface area contributed by atoms with Crippen molar-refractivity contribution in [2.45, 2.75) is 50.8 Å². The second-order valence-electron chi connectivity index (χ2n) is 8.88. The van der Waals surface area contributed by atoms with Gasteiger partial charge < -0.3 is 20.1 Å². The lowest BCUT2D eigenvalue weighted by Crippen LogP contribution is -2.51. The Balaban J connectivity index is 1.38. The van der Waals surface area contributed by atoms with Gasteiger partial charge in [0.25, 0.3) is 0 Å². The third-order valence-corrected chi connectivity index (χ3v) is 6.81. The first-order valence-corrected chi connectivity index (χ1v) is 12.0. The van der Waals surface area contributed by atoms with E-state index < -0.39 is 0 Å². The topological polar surface area (TPSA) is 61.4 Å². The zero-order valence-corrected chi connectivity index (χ0v) is 19.2. The summed E-state index contributed by atoms with van der Waals surface area (Å²) >= 11 is 0. The van der Waals surface area contributed by atoms with Crippen LogP contribution >= 0.6 is 0 Å². The number of hydrogen-bond donors (Lipinski definition) is 2. The predicted octanol–water partition coefficient (Wildman–Crippen LogP) is 2.25. The van der Waals surface area contributed by atoms with Gasteiger partial charge in [-0.3, -0.25) is 14.8 Å². The summed E-state index contributed by atoms with van der Waals surface area (Å²) in [6.45, 7) is 9.90. The van der Waals surface area contributed by atoms with Crippen LogP contribution in [0.25, 0.3) is 0 Å². The normalized spacial score (nSPS) is 25.9. The number of ether oxygens (including phenoxy) is 2. The molecule has 0 spiro atoms. The van der Waals surface area contributed by atoms with Crippen molar-refractivity contribution >= 4 is 5.96 Å². The summed E-state index contributed by atoms with van der Waals surface area (Å²) in [5.74, 6) is 1.78. The lowest BCUT2D eigenvalue weighted by Gasteiger charge is -2.35. The van der Waals surface area contributed by atoms with E-state index in [0.29, 0.717) is 12.1 Å². The smallest absolute Gasteiger partial charge is 0.191 e. The van der Waals surface area contributed by atoms with Gasteiger partial charge in [-0.25, -0.2) is 0 Å².